The summed E-state index contributed by atoms with van der Waals surface area (Å²) in [4.78, 5) is 16.7. The molecule has 2 saturated heterocycles. The Bertz CT molecular complexity index is 682. The van der Waals surface area contributed by atoms with Crippen molar-refractivity contribution in [3.05, 3.63) is 12.1 Å². The van der Waals surface area contributed by atoms with Crippen molar-refractivity contribution in [3.8, 4) is 0 Å². The van der Waals surface area contributed by atoms with Crippen molar-refractivity contribution in [1.29, 1.82) is 0 Å². The Labute approximate surface area is 126 Å². The Balaban J connectivity index is 1.58. The number of carbonyl (C=O) groups is 1. The van der Waals surface area contributed by atoms with Gasteiger partial charge in [-0.15, -0.1) is 14.8 Å². The van der Waals surface area contributed by atoms with Gasteiger partial charge in [0.25, 0.3) is 0 Å². The van der Waals surface area contributed by atoms with Crippen LogP contribution in [-0.4, -0.2) is 75.0 Å². The lowest BCUT2D eigenvalue weighted by atomic mass is 10.2. The van der Waals surface area contributed by atoms with Gasteiger partial charge in [0.15, 0.2) is 11.5 Å². The van der Waals surface area contributed by atoms with Crippen molar-refractivity contribution in [2.75, 3.05) is 37.7 Å². The standard InChI is InChI=1S/C13H17N7O2/c21-13(18-6-8-22-9-7-18)10-2-1-5-19(10)12-4-3-11-14-16-17-20(11)15-12/h3-4,10H,1-2,5-9H2. The molecule has 0 N–H and O–H groups in total. The highest BCUT2D eigenvalue weighted by atomic mass is 16.5. The van der Waals surface area contributed by atoms with E-state index in [1.165, 1.54) is 4.63 Å². The van der Waals surface area contributed by atoms with Crippen molar-refractivity contribution in [2.24, 2.45) is 0 Å². The number of hydrogen-bond donors (Lipinski definition) is 0. The number of carbonyl (C=O) groups excluding carboxylic acids is 1. The van der Waals surface area contributed by atoms with Crippen LogP contribution >= 0.6 is 0 Å². The molecule has 2 aromatic rings. The highest BCUT2D eigenvalue weighted by Crippen LogP contribution is 2.25. The molecule has 2 aliphatic heterocycles. The number of anilines is 1. The van der Waals surface area contributed by atoms with Gasteiger partial charge in [0.2, 0.25) is 5.91 Å². The molecule has 1 amide bonds. The molecule has 116 valence electrons. The third kappa shape index (κ3) is 2.27. The molecule has 0 bridgehead atoms. The molecule has 2 aliphatic rings. The summed E-state index contributed by atoms with van der Waals surface area (Å²) in [7, 11) is 0. The molecule has 1 unspecified atom stereocenters. The van der Waals surface area contributed by atoms with E-state index >= 15 is 0 Å². The van der Waals surface area contributed by atoms with Gasteiger partial charge < -0.3 is 14.5 Å². The Kier molecular flexibility index (Phi) is 3.34. The van der Waals surface area contributed by atoms with E-state index in [-0.39, 0.29) is 11.9 Å². The fourth-order valence-corrected chi connectivity index (χ4v) is 3.09. The normalized spacial score (nSPS) is 22.5. The smallest absolute Gasteiger partial charge is 0.245 e. The summed E-state index contributed by atoms with van der Waals surface area (Å²) in [5.74, 6) is 0.906. The first-order valence-corrected chi connectivity index (χ1v) is 7.51. The first-order chi connectivity index (χ1) is 10.8. The molecule has 4 rings (SSSR count). The fourth-order valence-electron chi connectivity index (χ4n) is 3.09. The summed E-state index contributed by atoms with van der Waals surface area (Å²) in [6.07, 6.45) is 1.83. The topological polar surface area (TPSA) is 88.8 Å². The van der Waals surface area contributed by atoms with Crippen molar-refractivity contribution in [1.82, 2.24) is 30.2 Å². The predicted molar refractivity (Wildman–Crippen MR) is 76.3 cm³/mol. The third-order valence-corrected chi connectivity index (χ3v) is 4.21. The Morgan fingerprint density at radius 3 is 2.95 bits per heavy atom. The molecule has 0 aromatic carbocycles. The van der Waals surface area contributed by atoms with Crippen LogP contribution in [0.25, 0.3) is 5.65 Å². The van der Waals surface area contributed by atoms with E-state index in [4.69, 9.17) is 4.74 Å². The van der Waals surface area contributed by atoms with Gasteiger partial charge in [-0.1, -0.05) is 0 Å². The quantitative estimate of drug-likeness (QED) is 0.728. The number of nitrogens with zero attached hydrogens (tertiary/aromatic N) is 7. The zero-order valence-electron chi connectivity index (χ0n) is 12.1. The van der Waals surface area contributed by atoms with Gasteiger partial charge in [0, 0.05) is 19.6 Å². The second-order valence-corrected chi connectivity index (χ2v) is 5.51. The lowest BCUT2D eigenvalue weighted by molar-refractivity contribution is -0.136. The molecule has 4 heterocycles. The monoisotopic (exact) mass is 303 g/mol. The van der Waals surface area contributed by atoms with Crippen LogP contribution in [0.15, 0.2) is 12.1 Å². The first-order valence-electron chi connectivity index (χ1n) is 7.51. The van der Waals surface area contributed by atoms with Gasteiger partial charge in [-0.05, 0) is 35.4 Å². The van der Waals surface area contributed by atoms with Gasteiger partial charge >= 0.3 is 0 Å². The Hall–Kier alpha value is -2.29. The molecule has 9 nitrogen and oxygen atoms in total. The third-order valence-electron chi connectivity index (χ3n) is 4.21. The number of amides is 1. The van der Waals surface area contributed by atoms with E-state index < -0.39 is 0 Å². The van der Waals surface area contributed by atoms with E-state index in [0.717, 1.165) is 25.2 Å². The molecule has 9 heteroatoms. The molecule has 1 atom stereocenters. The number of tetrazole rings is 1. The summed E-state index contributed by atoms with van der Waals surface area (Å²) in [5.41, 5.74) is 0.596. The maximum atomic E-state index is 12.8. The van der Waals surface area contributed by atoms with Crippen LogP contribution < -0.4 is 4.90 Å². The van der Waals surface area contributed by atoms with Crippen LogP contribution in [-0.2, 0) is 9.53 Å². The van der Waals surface area contributed by atoms with Gasteiger partial charge in [-0.3, -0.25) is 4.79 Å². The lowest BCUT2D eigenvalue weighted by Gasteiger charge is -2.32. The second-order valence-electron chi connectivity index (χ2n) is 5.51. The van der Waals surface area contributed by atoms with E-state index in [1.807, 2.05) is 17.0 Å². The van der Waals surface area contributed by atoms with Gasteiger partial charge in [-0.2, -0.15) is 0 Å². The summed E-state index contributed by atoms with van der Waals surface area (Å²) < 4.78 is 6.71. The van der Waals surface area contributed by atoms with Gasteiger partial charge in [0.1, 0.15) is 6.04 Å². The lowest BCUT2D eigenvalue weighted by Crippen LogP contribution is -2.50. The van der Waals surface area contributed by atoms with Crippen molar-refractivity contribution >= 4 is 17.4 Å². The SMILES string of the molecule is O=C(C1CCCN1c1ccc2nnnn2n1)N1CCOCC1. The average molecular weight is 303 g/mol. The van der Waals surface area contributed by atoms with Crippen LogP contribution in [0.3, 0.4) is 0 Å². The molecule has 0 saturated carbocycles. The van der Waals surface area contributed by atoms with Crippen LogP contribution in [0.4, 0.5) is 5.82 Å². The Morgan fingerprint density at radius 1 is 1.23 bits per heavy atom. The van der Waals surface area contributed by atoms with Crippen LogP contribution in [0.5, 0.6) is 0 Å². The number of morpholine rings is 1. The van der Waals surface area contributed by atoms with Crippen molar-refractivity contribution in [3.63, 3.8) is 0 Å². The molecule has 22 heavy (non-hydrogen) atoms. The van der Waals surface area contributed by atoms with Crippen LogP contribution in [0.1, 0.15) is 12.8 Å². The minimum absolute atomic E-state index is 0.153. The number of ether oxygens (including phenoxy) is 1. The van der Waals surface area contributed by atoms with Crippen LogP contribution in [0.2, 0.25) is 0 Å². The zero-order valence-corrected chi connectivity index (χ0v) is 12.1. The zero-order chi connectivity index (χ0) is 14.9. The number of aromatic nitrogens is 5. The maximum Gasteiger partial charge on any atom is 0.245 e. The fraction of sp³-hybridized carbons (Fsp3) is 0.615. The number of fused-ring (bicyclic) bond motifs is 1. The number of rotatable bonds is 2. The average Bonchev–Trinajstić information content (AvgIpc) is 3.23. The molecule has 2 aromatic heterocycles. The Morgan fingerprint density at radius 2 is 2.09 bits per heavy atom. The minimum Gasteiger partial charge on any atom is -0.378 e. The highest BCUT2D eigenvalue weighted by Gasteiger charge is 2.35. The summed E-state index contributed by atoms with van der Waals surface area (Å²) in [5, 5.41) is 15.7. The molecular weight excluding hydrogens is 286 g/mol. The predicted octanol–water partition coefficient (Wildman–Crippen LogP) is -0.653. The summed E-state index contributed by atoms with van der Waals surface area (Å²) >= 11 is 0. The highest BCUT2D eigenvalue weighted by molar-refractivity contribution is 5.85. The molecule has 2 fully saturated rings. The molecule has 0 spiro atoms. The molecular formula is C13H17N7O2. The van der Waals surface area contributed by atoms with Crippen LogP contribution in [0, 0.1) is 0 Å². The molecule has 0 aliphatic carbocycles. The van der Waals surface area contributed by atoms with E-state index in [0.29, 0.717) is 32.0 Å². The first kappa shape index (κ1) is 13.4. The number of hydrogen-bond acceptors (Lipinski definition) is 7. The van der Waals surface area contributed by atoms with Crippen molar-refractivity contribution < 1.29 is 9.53 Å². The maximum absolute atomic E-state index is 12.8. The minimum atomic E-state index is -0.153. The van der Waals surface area contributed by atoms with E-state index in [2.05, 4.69) is 25.5 Å². The van der Waals surface area contributed by atoms with Gasteiger partial charge in [0.05, 0.1) is 13.2 Å². The van der Waals surface area contributed by atoms with Crippen molar-refractivity contribution in [2.45, 2.75) is 18.9 Å². The van der Waals surface area contributed by atoms with E-state index in [1.54, 1.807) is 0 Å². The largest absolute Gasteiger partial charge is 0.378 e. The van der Waals surface area contributed by atoms with E-state index in [9.17, 15) is 4.79 Å². The second kappa shape index (κ2) is 5.48. The van der Waals surface area contributed by atoms with Gasteiger partial charge in [-0.25, -0.2) is 0 Å². The summed E-state index contributed by atoms with van der Waals surface area (Å²) in [6, 6.07) is 3.53. The summed E-state index contributed by atoms with van der Waals surface area (Å²) in [6.45, 7) is 3.40. The molecule has 0 radical (unpaired) electrons.